The van der Waals surface area contributed by atoms with E-state index in [0.717, 1.165) is 18.9 Å². The van der Waals surface area contributed by atoms with Gasteiger partial charge in [-0.2, -0.15) is 0 Å². The Morgan fingerprint density at radius 1 is 1.24 bits per heavy atom. The number of hydrogen-bond donors (Lipinski definition) is 1. The molecule has 21 heavy (non-hydrogen) atoms. The largest absolute Gasteiger partial charge is 0.379 e. The van der Waals surface area contributed by atoms with Crippen molar-refractivity contribution in [2.24, 2.45) is 0 Å². The van der Waals surface area contributed by atoms with Crippen molar-refractivity contribution in [3.05, 3.63) is 68.4 Å². The van der Waals surface area contributed by atoms with Crippen LogP contribution in [0.25, 0.3) is 0 Å². The van der Waals surface area contributed by atoms with Gasteiger partial charge in [-0.25, -0.2) is 4.39 Å². The van der Waals surface area contributed by atoms with E-state index < -0.39 is 10.7 Å². The molecule has 0 saturated carbocycles. The smallest absolute Gasteiger partial charge is 0.293 e. The molecule has 0 spiro atoms. The number of hydrogen-bond acceptors (Lipinski definition) is 3. The van der Waals surface area contributed by atoms with Gasteiger partial charge in [0.2, 0.25) is 0 Å². The minimum absolute atomic E-state index is 0.0871. The van der Waals surface area contributed by atoms with E-state index in [1.807, 2.05) is 30.3 Å². The lowest BCUT2D eigenvalue weighted by molar-refractivity contribution is -0.384. The molecule has 0 aliphatic carbocycles. The van der Waals surface area contributed by atoms with E-state index in [2.05, 4.69) is 21.2 Å². The van der Waals surface area contributed by atoms with Gasteiger partial charge in [-0.1, -0.05) is 30.3 Å². The maximum absolute atomic E-state index is 13.5. The van der Waals surface area contributed by atoms with Crippen molar-refractivity contribution in [3.63, 3.8) is 0 Å². The van der Waals surface area contributed by atoms with Crippen molar-refractivity contribution in [2.75, 3.05) is 11.9 Å². The molecule has 0 aromatic heterocycles. The van der Waals surface area contributed by atoms with E-state index in [1.165, 1.54) is 11.6 Å². The van der Waals surface area contributed by atoms with Gasteiger partial charge in [-0.15, -0.1) is 0 Å². The van der Waals surface area contributed by atoms with Crippen molar-refractivity contribution in [3.8, 4) is 0 Å². The first kappa shape index (κ1) is 15.4. The number of nitro benzene ring substituents is 1. The number of rotatable bonds is 6. The SMILES string of the molecule is O=[N+]([O-])c1cc(Br)c(F)cc1NCCCc1ccccc1. The zero-order valence-electron chi connectivity index (χ0n) is 11.2. The summed E-state index contributed by atoms with van der Waals surface area (Å²) in [5.74, 6) is -0.522. The standard InChI is InChI=1S/C15H14BrFN2O2/c16-12-9-15(19(20)21)14(10-13(12)17)18-8-4-7-11-5-2-1-3-6-11/h1-3,5-6,9-10,18H,4,7-8H2. The zero-order valence-corrected chi connectivity index (χ0v) is 12.8. The molecule has 4 nitrogen and oxygen atoms in total. The molecule has 2 aromatic rings. The molecule has 0 fully saturated rings. The summed E-state index contributed by atoms with van der Waals surface area (Å²) in [5, 5.41) is 13.9. The minimum Gasteiger partial charge on any atom is -0.379 e. The van der Waals surface area contributed by atoms with Crippen LogP contribution >= 0.6 is 15.9 Å². The molecule has 0 heterocycles. The van der Waals surface area contributed by atoms with Gasteiger partial charge in [0.05, 0.1) is 9.40 Å². The van der Waals surface area contributed by atoms with E-state index in [9.17, 15) is 14.5 Å². The third kappa shape index (κ3) is 4.26. The molecule has 2 aromatic carbocycles. The molecule has 1 N–H and O–H groups in total. The van der Waals surface area contributed by atoms with Crippen molar-refractivity contribution in [1.82, 2.24) is 0 Å². The first-order valence-corrected chi connectivity index (χ1v) is 7.28. The summed E-state index contributed by atoms with van der Waals surface area (Å²) in [5.41, 5.74) is 1.27. The van der Waals surface area contributed by atoms with Crippen LogP contribution < -0.4 is 5.32 Å². The Morgan fingerprint density at radius 2 is 1.95 bits per heavy atom. The van der Waals surface area contributed by atoms with Gasteiger partial charge in [-0.3, -0.25) is 10.1 Å². The maximum Gasteiger partial charge on any atom is 0.293 e. The highest BCUT2D eigenvalue weighted by Crippen LogP contribution is 2.30. The zero-order chi connectivity index (χ0) is 15.2. The number of nitrogens with zero attached hydrogens (tertiary/aromatic N) is 1. The summed E-state index contributed by atoms with van der Waals surface area (Å²) in [6, 6.07) is 12.3. The maximum atomic E-state index is 13.5. The van der Waals surface area contributed by atoms with Crippen LogP contribution in [-0.2, 0) is 6.42 Å². The normalized spacial score (nSPS) is 10.4. The van der Waals surface area contributed by atoms with E-state index in [4.69, 9.17) is 0 Å². The van der Waals surface area contributed by atoms with Gasteiger partial charge in [-0.05, 0) is 34.3 Å². The van der Waals surface area contributed by atoms with Crippen LogP contribution in [0.4, 0.5) is 15.8 Å². The van der Waals surface area contributed by atoms with Crippen LogP contribution in [0.15, 0.2) is 46.9 Å². The van der Waals surface area contributed by atoms with Gasteiger partial charge < -0.3 is 5.32 Å². The summed E-state index contributed by atoms with van der Waals surface area (Å²) in [6.07, 6.45) is 1.67. The Kier molecular flexibility index (Phi) is 5.27. The number of halogens is 2. The van der Waals surface area contributed by atoms with Crippen molar-refractivity contribution in [1.29, 1.82) is 0 Å². The molecule has 0 unspecified atom stereocenters. The van der Waals surface area contributed by atoms with E-state index in [0.29, 0.717) is 6.54 Å². The van der Waals surface area contributed by atoms with Crippen LogP contribution in [-0.4, -0.2) is 11.5 Å². The lowest BCUT2D eigenvalue weighted by Gasteiger charge is -2.08. The number of aryl methyl sites for hydroxylation is 1. The second kappa shape index (κ2) is 7.17. The molecule has 0 atom stereocenters. The highest BCUT2D eigenvalue weighted by atomic mass is 79.9. The van der Waals surface area contributed by atoms with Crippen molar-refractivity contribution >= 4 is 27.3 Å². The minimum atomic E-state index is -0.524. The molecular weight excluding hydrogens is 339 g/mol. The number of nitrogens with one attached hydrogen (secondary N) is 1. The highest BCUT2D eigenvalue weighted by Gasteiger charge is 2.17. The van der Waals surface area contributed by atoms with E-state index >= 15 is 0 Å². The molecule has 0 aliphatic heterocycles. The first-order chi connectivity index (χ1) is 10.1. The van der Waals surface area contributed by atoms with Crippen LogP contribution in [0.2, 0.25) is 0 Å². The summed E-state index contributed by atoms with van der Waals surface area (Å²) in [7, 11) is 0. The molecule has 110 valence electrons. The van der Waals surface area contributed by atoms with Crippen LogP contribution in [0.5, 0.6) is 0 Å². The molecule has 0 aliphatic rings. The molecule has 0 amide bonds. The molecular formula is C15H14BrFN2O2. The van der Waals surface area contributed by atoms with Gasteiger partial charge in [0.1, 0.15) is 11.5 Å². The predicted molar refractivity (Wildman–Crippen MR) is 84.0 cm³/mol. The van der Waals surface area contributed by atoms with Gasteiger partial charge in [0.25, 0.3) is 5.69 Å². The van der Waals surface area contributed by atoms with Crippen LogP contribution in [0, 0.1) is 15.9 Å². The average molecular weight is 353 g/mol. The summed E-state index contributed by atoms with van der Waals surface area (Å²) >= 11 is 2.95. The van der Waals surface area contributed by atoms with Crippen LogP contribution in [0.1, 0.15) is 12.0 Å². The first-order valence-electron chi connectivity index (χ1n) is 6.49. The number of anilines is 1. The third-order valence-electron chi connectivity index (χ3n) is 3.04. The lowest BCUT2D eigenvalue weighted by Crippen LogP contribution is -2.06. The van der Waals surface area contributed by atoms with Crippen molar-refractivity contribution < 1.29 is 9.31 Å². The quantitative estimate of drug-likeness (QED) is 0.471. The molecule has 0 radical (unpaired) electrons. The molecule has 0 bridgehead atoms. The van der Waals surface area contributed by atoms with Gasteiger partial charge in [0, 0.05) is 18.7 Å². The summed E-state index contributed by atoms with van der Waals surface area (Å²) in [4.78, 5) is 10.4. The molecule has 6 heteroatoms. The lowest BCUT2D eigenvalue weighted by atomic mass is 10.1. The summed E-state index contributed by atoms with van der Waals surface area (Å²) in [6.45, 7) is 0.538. The topological polar surface area (TPSA) is 55.2 Å². The second-order valence-electron chi connectivity index (χ2n) is 4.56. The van der Waals surface area contributed by atoms with Gasteiger partial charge in [0.15, 0.2) is 0 Å². The Morgan fingerprint density at radius 3 is 2.62 bits per heavy atom. The molecule has 0 saturated heterocycles. The highest BCUT2D eigenvalue weighted by molar-refractivity contribution is 9.10. The Labute approximate surface area is 130 Å². The third-order valence-corrected chi connectivity index (χ3v) is 3.64. The molecule has 2 rings (SSSR count). The predicted octanol–water partition coefficient (Wildman–Crippen LogP) is 4.54. The Hall–Kier alpha value is -1.95. The average Bonchev–Trinajstić information content (AvgIpc) is 2.47. The Bertz CT molecular complexity index is 635. The van der Waals surface area contributed by atoms with Gasteiger partial charge >= 0.3 is 0 Å². The van der Waals surface area contributed by atoms with E-state index in [-0.39, 0.29) is 15.8 Å². The summed E-state index contributed by atoms with van der Waals surface area (Å²) < 4.78 is 13.6. The number of benzene rings is 2. The van der Waals surface area contributed by atoms with Crippen LogP contribution in [0.3, 0.4) is 0 Å². The van der Waals surface area contributed by atoms with E-state index in [1.54, 1.807) is 0 Å². The Balaban J connectivity index is 1.96. The fourth-order valence-electron chi connectivity index (χ4n) is 1.99. The fourth-order valence-corrected chi connectivity index (χ4v) is 2.32. The monoisotopic (exact) mass is 352 g/mol. The second-order valence-corrected chi connectivity index (χ2v) is 5.41. The fraction of sp³-hybridized carbons (Fsp3) is 0.200. The number of nitro groups is 1. The van der Waals surface area contributed by atoms with Crippen molar-refractivity contribution in [2.45, 2.75) is 12.8 Å².